The van der Waals surface area contributed by atoms with E-state index in [4.69, 9.17) is 23.2 Å². The van der Waals surface area contributed by atoms with Crippen LogP contribution in [0.5, 0.6) is 0 Å². The molecule has 1 aliphatic heterocycles. The van der Waals surface area contributed by atoms with Crippen LogP contribution < -0.4 is 0 Å². The molecule has 2 aromatic rings. The van der Waals surface area contributed by atoms with Crippen LogP contribution in [0.15, 0.2) is 47.4 Å². The number of benzene rings is 2. The van der Waals surface area contributed by atoms with Gasteiger partial charge in [0.05, 0.1) is 16.4 Å². The lowest BCUT2D eigenvalue weighted by Gasteiger charge is -2.13. The van der Waals surface area contributed by atoms with E-state index >= 15 is 0 Å². The molecule has 1 saturated heterocycles. The molecule has 3 rings (SSSR count). The van der Waals surface area contributed by atoms with Crippen LogP contribution >= 0.6 is 35.0 Å². The molecule has 0 unspecified atom stereocenters. The van der Waals surface area contributed by atoms with Gasteiger partial charge in [-0.3, -0.25) is 24.6 Å². The van der Waals surface area contributed by atoms with Gasteiger partial charge in [-0.05, 0) is 53.2 Å². The molecule has 2 aromatic carbocycles. The lowest BCUT2D eigenvalue weighted by atomic mass is 10.2. The number of nitrogens with zero attached hydrogens (tertiary/aromatic N) is 2. The minimum Gasteiger partial charge on any atom is -0.268 e. The van der Waals surface area contributed by atoms with Gasteiger partial charge in [0.15, 0.2) is 0 Å². The fraction of sp³-hybridized carbons (Fsp3) is 0.0588. The highest BCUT2D eigenvalue weighted by molar-refractivity contribution is 8.18. The SMILES string of the molecule is O=C1S/C(=C\c2ccc([N+](=O)[O-])cc2)C(=O)N1Cc1ccc(Cl)cc1Cl. The van der Waals surface area contributed by atoms with E-state index in [1.807, 2.05) is 0 Å². The number of rotatable bonds is 4. The Labute approximate surface area is 162 Å². The third-order valence-corrected chi connectivity index (χ3v) is 5.11. The molecule has 0 bridgehead atoms. The Hall–Kier alpha value is -2.35. The van der Waals surface area contributed by atoms with Gasteiger partial charge in [-0.1, -0.05) is 29.3 Å². The number of nitro groups is 1. The van der Waals surface area contributed by atoms with Crippen molar-refractivity contribution in [3.05, 3.63) is 78.7 Å². The third-order valence-electron chi connectivity index (χ3n) is 3.62. The van der Waals surface area contributed by atoms with Gasteiger partial charge in [0.2, 0.25) is 0 Å². The van der Waals surface area contributed by atoms with Crippen LogP contribution in [0.1, 0.15) is 11.1 Å². The van der Waals surface area contributed by atoms with E-state index < -0.39 is 16.1 Å². The van der Waals surface area contributed by atoms with E-state index in [0.717, 1.165) is 16.7 Å². The maximum absolute atomic E-state index is 12.5. The van der Waals surface area contributed by atoms with E-state index in [1.54, 1.807) is 18.2 Å². The highest BCUT2D eigenvalue weighted by Crippen LogP contribution is 2.34. The number of nitro benzene ring substituents is 1. The summed E-state index contributed by atoms with van der Waals surface area (Å²) in [5, 5.41) is 11.1. The molecular formula is C17H10Cl2N2O4S. The van der Waals surface area contributed by atoms with Crippen molar-refractivity contribution >= 4 is 57.9 Å². The topological polar surface area (TPSA) is 80.5 Å². The van der Waals surface area contributed by atoms with Gasteiger partial charge >= 0.3 is 0 Å². The average Bonchev–Trinajstić information content (AvgIpc) is 2.85. The molecule has 0 radical (unpaired) electrons. The molecule has 1 heterocycles. The van der Waals surface area contributed by atoms with Crippen molar-refractivity contribution in [2.75, 3.05) is 0 Å². The quantitative estimate of drug-likeness (QED) is 0.397. The lowest BCUT2D eigenvalue weighted by Crippen LogP contribution is -2.27. The van der Waals surface area contributed by atoms with Crippen LogP contribution in [0.2, 0.25) is 10.0 Å². The summed E-state index contributed by atoms with van der Waals surface area (Å²) in [6.07, 6.45) is 1.53. The smallest absolute Gasteiger partial charge is 0.268 e. The molecule has 9 heteroatoms. The first-order valence-corrected chi connectivity index (χ1v) is 8.86. The second-order valence-corrected chi connectivity index (χ2v) is 7.19. The summed E-state index contributed by atoms with van der Waals surface area (Å²) >= 11 is 12.8. The summed E-state index contributed by atoms with van der Waals surface area (Å²) in [4.78, 5) is 36.2. The normalized spacial score (nSPS) is 15.8. The zero-order valence-electron chi connectivity index (χ0n) is 13.0. The molecule has 0 N–H and O–H groups in total. The molecule has 6 nitrogen and oxygen atoms in total. The minimum absolute atomic E-state index is 0.0400. The first-order valence-electron chi connectivity index (χ1n) is 7.29. The number of carbonyl (C=O) groups is 2. The second-order valence-electron chi connectivity index (χ2n) is 5.35. The van der Waals surface area contributed by atoms with E-state index in [0.29, 0.717) is 21.2 Å². The second kappa shape index (κ2) is 7.49. The first-order chi connectivity index (χ1) is 12.3. The van der Waals surface area contributed by atoms with E-state index in [-0.39, 0.29) is 17.1 Å². The molecule has 132 valence electrons. The number of thioether (sulfide) groups is 1. The monoisotopic (exact) mass is 408 g/mol. The largest absolute Gasteiger partial charge is 0.293 e. The zero-order valence-corrected chi connectivity index (χ0v) is 15.3. The van der Waals surface area contributed by atoms with Crippen LogP contribution in [-0.2, 0) is 11.3 Å². The molecule has 0 aliphatic carbocycles. The Kier molecular flexibility index (Phi) is 5.31. The standard InChI is InChI=1S/C17H10Cl2N2O4S/c18-12-4-3-11(14(19)8-12)9-20-16(22)15(26-17(20)23)7-10-1-5-13(6-2-10)21(24)25/h1-8H,9H2/b15-7-. The van der Waals surface area contributed by atoms with Crippen molar-refractivity contribution in [2.45, 2.75) is 6.54 Å². The fourth-order valence-corrected chi connectivity index (χ4v) is 3.61. The van der Waals surface area contributed by atoms with E-state index in [9.17, 15) is 19.7 Å². The Morgan fingerprint density at radius 1 is 1.12 bits per heavy atom. The number of carbonyl (C=O) groups excluding carboxylic acids is 2. The van der Waals surface area contributed by atoms with Crippen LogP contribution in [-0.4, -0.2) is 21.0 Å². The maximum atomic E-state index is 12.5. The number of halogens is 2. The first kappa shape index (κ1) is 18.4. The summed E-state index contributed by atoms with van der Waals surface area (Å²) < 4.78 is 0. The Morgan fingerprint density at radius 3 is 2.42 bits per heavy atom. The molecule has 0 atom stereocenters. The fourth-order valence-electron chi connectivity index (χ4n) is 2.30. The average molecular weight is 409 g/mol. The van der Waals surface area contributed by atoms with Crippen molar-refractivity contribution in [3.8, 4) is 0 Å². The highest BCUT2D eigenvalue weighted by atomic mass is 35.5. The van der Waals surface area contributed by atoms with Gasteiger partial charge in [-0.15, -0.1) is 0 Å². The molecule has 0 aromatic heterocycles. The van der Waals surface area contributed by atoms with Gasteiger partial charge in [0.1, 0.15) is 0 Å². The number of hydrogen-bond donors (Lipinski definition) is 0. The lowest BCUT2D eigenvalue weighted by molar-refractivity contribution is -0.384. The van der Waals surface area contributed by atoms with Gasteiger partial charge in [0.25, 0.3) is 16.8 Å². The molecule has 0 saturated carbocycles. The summed E-state index contributed by atoms with van der Waals surface area (Å²) in [6, 6.07) is 10.5. The summed E-state index contributed by atoms with van der Waals surface area (Å²) in [7, 11) is 0. The number of amides is 2. The molecule has 2 amide bonds. The highest BCUT2D eigenvalue weighted by Gasteiger charge is 2.35. The van der Waals surface area contributed by atoms with Crippen LogP contribution in [0.25, 0.3) is 6.08 Å². The summed E-state index contributed by atoms with van der Waals surface area (Å²) in [5.74, 6) is -0.440. The summed E-state index contributed by atoms with van der Waals surface area (Å²) in [5.41, 5.74) is 1.15. The number of imide groups is 1. The van der Waals surface area contributed by atoms with Crippen molar-refractivity contribution in [1.29, 1.82) is 0 Å². The molecule has 0 spiro atoms. The van der Waals surface area contributed by atoms with Crippen molar-refractivity contribution in [3.63, 3.8) is 0 Å². The van der Waals surface area contributed by atoms with E-state index in [2.05, 4.69) is 0 Å². The zero-order chi connectivity index (χ0) is 18.8. The molecule has 1 fully saturated rings. The van der Waals surface area contributed by atoms with Gasteiger partial charge in [-0.25, -0.2) is 0 Å². The molecular weight excluding hydrogens is 399 g/mol. The predicted molar refractivity (Wildman–Crippen MR) is 101 cm³/mol. The van der Waals surface area contributed by atoms with Gasteiger partial charge in [-0.2, -0.15) is 0 Å². The summed E-state index contributed by atoms with van der Waals surface area (Å²) in [6.45, 7) is 0.0400. The van der Waals surface area contributed by atoms with Crippen molar-refractivity contribution in [2.24, 2.45) is 0 Å². The Bertz CT molecular complexity index is 944. The van der Waals surface area contributed by atoms with Crippen LogP contribution in [0.3, 0.4) is 0 Å². The third kappa shape index (κ3) is 3.90. The van der Waals surface area contributed by atoms with Gasteiger partial charge < -0.3 is 0 Å². The van der Waals surface area contributed by atoms with Gasteiger partial charge in [0, 0.05) is 22.2 Å². The van der Waals surface area contributed by atoms with Crippen molar-refractivity contribution in [1.82, 2.24) is 4.90 Å². The van der Waals surface area contributed by atoms with Crippen LogP contribution in [0.4, 0.5) is 10.5 Å². The van der Waals surface area contributed by atoms with Crippen LogP contribution in [0, 0.1) is 10.1 Å². The molecule has 1 aliphatic rings. The molecule has 26 heavy (non-hydrogen) atoms. The number of non-ortho nitro benzene ring substituents is 1. The van der Waals surface area contributed by atoms with E-state index in [1.165, 1.54) is 30.3 Å². The predicted octanol–water partition coefficient (Wildman–Crippen LogP) is 5.14. The number of hydrogen-bond acceptors (Lipinski definition) is 5. The Balaban J connectivity index is 1.80. The van der Waals surface area contributed by atoms with Crippen molar-refractivity contribution < 1.29 is 14.5 Å². The maximum Gasteiger partial charge on any atom is 0.293 e. The Morgan fingerprint density at radius 2 is 1.81 bits per heavy atom. The minimum atomic E-state index is -0.506.